The monoisotopic (exact) mass is 261 g/mol. The number of carbonyl (C=O) groups excluding carboxylic acids is 1. The quantitative estimate of drug-likeness (QED) is 0.881. The molecule has 1 heterocycles. The molecule has 0 saturated carbocycles. The SMILES string of the molecule is O=C(NCc1ccc(C(=O)O)o1)Oc1ccccc1. The maximum atomic E-state index is 11.4. The highest BCUT2D eigenvalue weighted by atomic mass is 16.6. The summed E-state index contributed by atoms with van der Waals surface area (Å²) >= 11 is 0. The summed E-state index contributed by atoms with van der Waals surface area (Å²) in [6, 6.07) is 11.4. The van der Waals surface area contributed by atoms with E-state index < -0.39 is 12.1 Å². The third kappa shape index (κ3) is 3.60. The maximum Gasteiger partial charge on any atom is 0.412 e. The lowest BCUT2D eigenvalue weighted by molar-refractivity contribution is 0.0660. The van der Waals surface area contributed by atoms with E-state index in [9.17, 15) is 9.59 Å². The molecule has 0 atom stereocenters. The minimum Gasteiger partial charge on any atom is -0.475 e. The molecule has 98 valence electrons. The maximum absolute atomic E-state index is 11.4. The molecule has 1 aromatic carbocycles. The Labute approximate surface area is 108 Å². The number of rotatable bonds is 4. The largest absolute Gasteiger partial charge is 0.475 e. The van der Waals surface area contributed by atoms with E-state index in [0.717, 1.165) is 0 Å². The summed E-state index contributed by atoms with van der Waals surface area (Å²) in [5, 5.41) is 11.1. The Balaban J connectivity index is 1.84. The molecule has 1 aromatic heterocycles. The zero-order chi connectivity index (χ0) is 13.7. The number of carbonyl (C=O) groups is 2. The van der Waals surface area contributed by atoms with Crippen molar-refractivity contribution < 1.29 is 23.8 Å². The highest BCUT2D eigenvalue weighted by Gasteiger charge is 2.10. The van der Waals surface area contributed by atoms with E-state index in [4.69, 9.17) is 14.3 Å². The summed E-state index contributed by atoms with van der Waals surface area (Å²) in [6.45, 7) is 0.0545. The molecule has 0 spiro atoms. The number of hydrogen-bond donors (Lipinski definition) is 2. The van der Waals surface area contributed by atoms with E-state index in [0.29, 0.717) is 11.5 Å². The van der Waals surface area contributed by atoms with Gasteiger partial charge in [-0.25, -0.2) is 9.59 Å². The summed E-state index contributed by atoms with van der Waals surface area (Å²) in [7, 11) is 0. The van der Waals surface area contributed by atoms with Crippen LogP contribution in [0.15, 0.2) is 46.9 Å². The second-order valence-corrected chi connectivity index (χ2v) is 3.63. The lowest BCUT2D eigenvalue weighted by Crippen LogP contribution is -2.26. The number of nitrogens with one attached hydrogen (secondary N) is 1. The third-order valence-electron chi connectivity index (χ3n) is 2.23. The van der Waals surface area contributed by atoms with E-state index >= 15 is 0 Å². The van der Waals surface area contributed by atoms with Gasteiger partial charge in [0.15, 0.2) is 0 Å². The van der Waals surface area contributed by atoms with Gasteiger partial charge in [-0.15, -0.1) is 0 Å². The van der Waals surface area contributed by atoms with Gasteiger partial charge in [-0.3, -0.25) is 0 Å². The average molecular weight is 261 g/mol. The molecule has 19 heavy (non-hydrogen) atoms. The Kier molecular flexibility index (Phi) is 3.82. The highest BCUT2D eigenvalue weighted by molar-refractivity contribution is 5.84. The fourth-order valence-corrected chi connectivity index (χ4v) is 1.38. The van der Waals surface area contributed by atoms with Crippen LogP contribution in [0.3, 0.4) is 0 Å². The first kappa shape index (κ1) is 12.7. The molecule has 2 rings (SSSR count). The number of para-hydroxylation sites is 1. The van der Waals surface area contributed by atoms with Crippen molar-refractivity contribution >= 4 is 12.1 Å². The molecule has 0 aliphatic rings. The summed E-state index contributed by atoms with van der Waals surface area (Å²) in [6.07, 6.45) is -0.639. The summed E-state index contributed by atoms with van der Waals surface area (Å²) in [5.74, 6) is -0.570. The minimum atomic E-state index is -1.15. The van der Waals surface area contributed by atoms with Gasteiger partial charge in [-0.1, -0.05) is 18.2 Å². The van der Waals surface area contributed by atoms with Crippen LogP contribution in [-0.2, 0) is 6.54 Å². The molecule has 0 aliphatic carbocycles. The van der Waals surface area contributed by atoms with Gasteiger partial charge in [0.2, 0.25) is 5.76 Å². The van der Waals surface area contributed by atoms with Gasteiger partial charge in [0.25, 0.3) is 0 Å². The standard InChI is InChI=1S/C13H11NO5/c15-12(16)11-7-6-10(18-11)8-14-13(17)19-9-4-2-1-3-5-9/h1-7H,8H2,(H,14,17)(H,15,16). The van der Waals surface area contributed by atoms with Crippen LogP contribution in [0.5, 0.6) is 5.75 Å². The Morgan fingerprint density at radius 1 is 1.16 bits per heavy atom. The lowest BCUT2D eigenvalue weighted by Gasteiger charge is -2.04. The van der Waals surface area contributed by atoms with Crippen molar-refractivity contribution in [2.45, 2.75) is 6.54 Å². The number of ether oxygens (including phenoxy) is 1. The van der Waals surface area contributed by atoms with Crippen LogP contribution in [0.2, 0.25) is 0 Å². The summed E-state index contributed by atoms with van der Waals surface area (Å²) in [5.41, 5.74) is 0. The number of furan rings is 1. The fraction of sp³-hybridized carbons (Fsp3) is 0.0769. The van der Waals surface area contributed by atoms with Crippen molar-refractivity contribution in [1.82, 2.24) is 5.32 Å². The molecular formula is C13H11NO5. The summed E-state index contributed by atoms with van der Waals surface area (Å²) < 4.78 is 9.96. The molecular weight excluding hydrogens is 250 g/mol. The number of aromatic carboxylic acids is 1. The van der Waals surface area contributed by atoms with Gasteiger partial charge < -0.3 is 19.6 Å². The van der Waals surface area contributed by atoms with E-state index in [-0.39, 0.29) is 12.3 Å². The molecule has 2 N–H and O–H groups in total. The third-order valence-corrected chi connectivity index (χ3v) is 2.23. The van der Waals surface area contributed by atoms with E-state index in [2.05, 4.69) is 5.32 Å². The molecule has 2 aromatic rings. The van der Waals surface area contributed by atoms with Gasteiger partial charge in [-0.05, 0) is 24.3 Å². The van der Waals surface area contributed by atoms with Crippen LogP contribution in [-0.4, -0.2) is 17.2 Å². The molecule has 0 bridgehead atoms. The number of carboxylic acids is 1. The van der Waals surface area contributed by atoms with Crippen molar-refractivity contribution in [2.75, 3.05) is 0 Å². The van der Waals surface area contributed by atoms with Crippen molar-refractivity contribution in [3.05, 3.63) is 54.0 Å². The number of benzene rings is 1. The van der Waals surface area contributed by atoms with Crippen LogP contribution in [0.1, 0.15) is 16.3 Å². The van der Waals surface area contributed by atoms with E-state index in [1.807, 2.05) is 0 Å². The van der Waals surface area contributed by atoms with E-state index in [1.54, 1.807) is 30.3 Å². The predicted molar refractivity (Wildman–Crippen MR) is 65.0 cm³/mol. The molecule has 0 fully saturated rings. The Morgan fingerprint density at radius 2 is 1.89 bits per heavy atom. The first-order valence-electron chi connectivity index (χ1n) is 5.48. The molecule has 0 unspecified atom stereocenters. The predicted octanol–water partition coefficient (Wildman–Crippen LogP) is 2.27. The van der Waals surface area contributed by atoms with E-state index in [1.165, 1.54) is 12.1 Å². The fourth-order valence-electron chi connectivity index (χ4n) is 1.38. The number of carboxylic acid groups (broad SMARTS) is 1. The van der Waals surface area contributed by atoms with Crippen molar-refractivity contribution in [3.63, 3.8) is 0 Å². The Morgan fingerprint density at radius 3 is 2.53 bits per heavy atom. The van der Waals surface area contributed by atoms with Crippen LogP contribution in [0, 0.1) is 0 Å². The van der Waals surface area contributed by atoms with Crippen molar-refractivity contribution in [3.8, 4) is 5.75 Å². The molecule has 0 radical (unpaired) electrons. The zero-order valence-electron chi connectivity index (χ0n) is 9.83. The van der Waals surface area contributed by atoms with Crippen LogP contribution >= 0.6 is 0 Å². The van der Waals surface area contributed by atoms with Gasteiger partial charge >= 0.3 is 12.1 Å². The normalized spacial score (nSPS) is 9.89. The topological polar surface area (TPSA) is 88.8 Å². The smallest absolute Gasteiger partial charge is 0.412 e. The van der Waals surface area contributed by atoms with Crippen LogP contribution in [0.25, 0.3) is 0 Å². The number of amides is 1. The Hall–Kier alpha value is -2.76. The van der Waals surface area contributed by atoms with Gasteiger partial charge in [0, 0.05) is 0 Å². The molecule has 6 nitrogen and oxygen atoms in total. The highest BCUT2D eigenvalue weighted by Crippen LogP contribution is 2.09. The zero-order valence-corrected chi connectivity index (χ0v) is 9.83. The van der Waals surface area contributed by atoms with Crippen molar-refractivity contribution in [1.29, 1.82) is 0 Å². The molecule has 6 heteroatoms. The van der Waals surface area contributed by atoms with Gasteiger partial charge in [-0.2, -0.15) is 0 Å². The Bertz CT molecular complexity index is 576. The second kappa shape index (κ2) is 5.72. The van der Waals surface area contributed by atoms with Crippen LogP contribution in [0.4, 0.5) is 4.79 Å². The van der Waals surface area contributed by atoms with Crippen molar-refractivity contribution in [2.24, 2.45) is 0 Å². The second-order valence-electron chi connectivity index (χ2n) is 3.63. The minimum absolute atomic E-state index is 0.0545. The average Bonchev–Trinajstić information content (AvgIpc) is 2.86. The molecule has 1 amide bonds. The molecule has 0 saturated heterocycles. The summed E-state index contributed by atoms with van der Waals surface area (Å²) in [4.78, 5) is 22.0. The van der Waals surface area contributed by atoms with Gasteiger partial charge in [0.05, 0.1) is 6.54 Å². The van der Waals surface area contributed by atoms with Crippen LogP contribution < -0.4 is 10.1 Å². The number of hydrogen-bond acceptors (Lipinski definition) is 4. The lowest BCUT2D eigenvalue weighted by atomic mass is 10.3. The first-order chi connectivity index (χ1) is 9.15. The molecule has 0 aliphatic heterocycles. The van der Waals surface area contributed by atoms with Gasteiger partial charge in [0.1, 0.15) is 11.5 Å². The first-order valence-corrected chi connectivity index (χ1v) is 5.48.